The number of esters is 2. The second-order valence-electron chi connectivity index (χ2n) is 11.1. The Hall–Kier alpha value is -3.21. The first kappa shape index (κ1) is 27.6. The number of methoxy groups -OCH3 is 1. The molecule has 3 atom stereocenters. The number of aromatic nitrogens is 2. The maximum Gasteiger partial charge on any atom is 0.344 e. The molecule has 8 nitrogen and oxygen atoms in total. The van der Waals surface area contributed by atoms with Crippen molar-refractivity contribution in [2.75, 3.05) is 12.0 Å². The van der Waals surface area contributed by atoms with Gasteiger partial charge in [0.25, 0.3) is 0 Å². The number of fused-ring (bicyclic) bond motifs is 3. The van der Waals surface area contributed by atoms with Gasteiger partial charge in [0.15, 0.2) is 16.7 Å². The summed E-state index contributed by atoms with van der Waals surface area (Å²) in [7, 11) is 1.27. The van der Waals surface area contributed by atoms with Crippen molar-refractivity contribution >= 4 is 61.8 Å². The van der Waals surface area contributed by atoms with Crippen LogP contribution in [0.1, 0.15) is 77.3 Å². The minimum absolute atomic E-state index is 0.0799. The first-order chi connectivity index (χ1) is 20.3. The van der Waals surface area contributed by atoms with Gasteiger partial charge in [-0.2, -0.15) is 0 Å². The lowest BCUT2D eigenvalue weighted by Gasteiger charge is -2.38. The van der Waals surface area contributed by atoms with E-state index in [1.165, 1.54) is 18.4 Å². The second-order valence-corrected chi connectivity index (χ2v) is 12.9. The van der Waals surface area contributed by atoms with Crippen LogP contribution in [-0.2, 0) is 9.47 Å². The molecule has 2 saturated heterocycles. The molecule has 1 saturated carbocycles. The maximum atomic E-state index is 14.8. The van der Waals surface area contributed by atoms with Crippen LogP contribution in [0.3, 0.4) is 0 Å². The summed E-state index contributed by atoms with van der Waals surface area (Å²) in [5.41, 5.74) is 1.44. The van der Waals surface area contributed by atoms with Crippen molar-refractivity contribution in [1.29, 1.82) is 0 Å². The number of carbonyl (C=O) groups excluding carboxylic acids is 2. The highest BCUT2D eigenvalue weighted by atomic mass is 35.5. The molecule has 0 N–H and O–H groups in total. The largest absolute Gasteiger partial charge is 0.465 e. The predicted molar refractivity (Wildman–Crippen MR) is 157 cm³/mol. The van der Waals surface area contributed by atoms with Crippen molar-refractivity contribution < 1.29 is 28.0 Å². The van der Waals surface area contributed by atoms with E-state index in [0.717, 1.165) is 38.2 Å². The Labute approximate surface area is 254 Å². The molecule has 42 heavy (non-hydrogen) atoms. The Bertz CT molecular complexity index is 1690. The number of carbonyl (C=O) groups is 2. The number of rotatable bonds is 6. The third kappa shape index (κ3) is 4.64. The summed E-state index contributed by atoms with van der Waals surface area (Å²) < 4.78 is 32.1. The van der Waals surface area contributed by atoms with Crippen LogP contribution < -0.4 is 4.90 Å². The number of benzene rings is 2. The summed E-state index contributed by atoms with van der Waals surface area (Å²) in [6.07, 6.45) is 5.61. The van der Waals surface area contributed by atoms with E-state index in [4.69, 9.17) is 37.2 Å². The van der Waals surface area contributed by atoms with Crippen LogP contribution in [0.2, 0.25) is 10.0 Å². The van der Waals surface area contributed by atoms with Gasteiger partial charge in [-0.05, 0) is 49.9 Å². The van der Waals surface area contributed by atoms with E-state index in [1.54, 1.807) is 24.3 Å². The normalized spacial score (nSPS) is 21.9. The van der Waals surface area contributed by atoms with Crippen LogP contribution in [0, 0.1) is 5.82 Å². The van der Waals surface area contributed by atoms with Crippen LogP contribution in [0.4, 0.5) is 9.52 Å². The van der Waals surface area contributed by atoms with E-state index in [-0.39, 0.29) is 35.2 Å². The Kier molecular flexibility index (Phi) is 7.11. The Morgan fingerprint density at radius 1 is 1.07 bits per heavy atom. The van der Waals surface area contributed by atoms with Crippen LogP contribution in [0.25, 0.3) is 21.5 Å². The molecule has 2 aliphatic heterocycles. The van der Waals surface area contributed by atoms with Crippen LogP contribution in [0.15, 0.2) is 34.9 Å². The van der Waals surface area contributed by atoms with Crippen molar-refractivity contribution in [3.05, 3.63) is 63.1 Å². The molecule has 0 unspecified atom stereocenters. The molecule has 0 amide bonds. The molecule has 0 spiro atoms. The number of anilines is 1. The Morgan fingerprint density at radius 3 is 2.43 bits per heavy atom. The topological polar surface area (TPSA) is 94.8 Å². The van der Waals surface area contributed by atoms with Crippen LogP contribution in [0.5, 0.6) is 0 Å². The van der Waals surface area contributed by atoms with E-state index < -0.39 is 17.8 Å². The van der Waals surface area contributed by atoms with E-state index in [2.05, 4.69) is 15.0 Å². The van der Waals surface area contributed by atoms with Crippen molar-refractivity contribution in [3.63, 3.8) is 0 Å². The molecule has 218 valence electrons. The van der Waals surface area contributed by atoms with Gasteiger partial charge in [-0.15, -0.1) is 0 Å². The lowest BCUT2D eigenvalue weighted by atomic mass is 9.81. The third-order valence-corrected chi connectivity index (χ3v) is 10.3. The summed E-state index contributed by atoms with van der Waals surface area (Å²) >= 11 is 14.3. The van der Waals surface area contributed by atoms with Gasteiger partial charge in [0.2, 0.25) is 0 Å². The fourth-order valence-electron chi connectivity index (χ4n) is 6.41. The van der Waals surface area contributed by atoms with E-state index in [1.807, 2.05) is 0 Å². The smallest absolute Gasteiger partial charge is 0.344 e. The fourth-order valence-corrected chi connectivity index (χ4v) is 8.15. The first-order valence-electron chi connectivity index (χ1n) is 13.9. The van der Waals surface area contributed by atoms with Crippen molar-refractivity contribution in [3.8, 4) is 11.3 Å². The maximum absolute atomic E-state index is 14.8. The number of piperidine rings is 1. The molecule has 4 heterocycles. The zero-order valence-electron chi connectivity index (χ0n) is 22.6. The number of hydrogen-bond donors (Lipinski definition) is 0. The monoisotopic (exact) mass is 629 g/mol. The van der Waals surface area contributed by atoms with Crippen molar-refractivity contribution in [2.24, 2.45) is 0 Å². The standard InChI is InChI=1S/C30H26Cl2FN3O5S/c1-39-28(37)15-10-21(33)25-22(11-15)42-30(34-25)36-16-8-9-17(36)13-18(12-16)40-29(38)24-26(23-19(31)6-3-7-20(23)32)35-41-27(24)14-4-2-5-14/h3,6-7,10-11,14,16-18H,2,4-5,8-9,12-13H2,1H3/t16-,17+,18+. The zero-order valence-corrected chi connectivity index (χ0v) is 24.9. The molecule has 7 rings (SSSR count). The molecular formula is C30H26Cl2FN3O5S. The van der Waals surface area contributed by atoms with Gasteiger partial charge in [0.05, 0.1) is 27.4 Å². The molecule has 2 aromatic heterocycles. The van der Waals surface area contributed by atoms with Crippen LogP contribution in [-0.4, -0.2) is 47.4 Å². The number of hydrogen-bond acceptors (Lipinski definition) is 9. The SMILES string of the molecule is COC(=O)c1cc(F)c2nc(N3[C@@H]4CC[C@H]3C[C@@H](OC(=O)c3c(-c5c(Cl)cccc5Cl)noc3C3CCC3)C4)sc2c1. The van der Waals surface area contributed by atoms with E-state index in [0.29, 0.717) is 55.3 Å². The fraction of sp³-hybridized carbons (Fsp3) is 0.400. The Morgan fingerprint density at radius 2 is 1.79 bits per heavy atom. The number of ether oxygens (including phenoxy) is 2. The van der Waals surface area contributed by atoms with Gasteiger partial charge < -0.3 is 18.9 Å². The van der Waals surface area contributed by atoms with Gasteiger partial charge in [0.1, 0.15) is 22.9 Å². The molecule has 1 aliphatic carbocycles. The molecular weight excluding hydrogens is 604 g/mol. The van der Waals surface area contributed by atoms with E-state index in [9.17, 15) is 14.0 Å². The number of thiazole rings is 1. The second kappa shape index (κ2) is 10.8. The first-order valence-corrected chi connectivity index (χ1v) is 15.5. The Balaban J connectivity index is 1.14. The lowest BCUT2D eigenvalue weighted by molar-refractivity contribution is 0.0200. The van der Waals surface area contributed by atoms with E-state index >= 15 is 0 Å². The average molecular weight is 631 g/mol. The predicted octanol–water partition coefficient (Wildman–Crippen LogP) is 7.81. The van der Waals surface area contributed by atoms with Gasteiger partial charge in [-0.3, -0.25) is 0 Å². The van der Waals surface area contributed by atoms with Gasteiger partial charge in [-0.1, -0.05) is 52.2 Å². The summed E-state index contributed by atoms with van der Waals surface area (Å²) in [6.45, 7) is 0. The molecule has 2 aromatic carbocycles. The highest BCUT2D eigenvalue weighted by Gasteiger charge is 2.44. The number of halogens is 3. The van der Waals surface area contributed by atoms with Gasteiger partial charge in [0, 0.05) is 36.4 Å². The lowest BCUT2D eigenvalue weighted by Crippen LogP contribution is -2.46. The van der Waals surface area contributed by atoms with Gasteiger partial charge in [-0.25, -0.2) is 19.0 Å². The quantitative estimate of drug-likeness (QED) is 0.199. The summed E-state index contributed by atoms with van der Waals surface area (Å²) in [5.74, 6) is -1.01. The highest BCUT2D eigenvalue weighted by Crippen LogP contribution is 2.46. The molecule has 0 radical (unpaired) electrons. The summed E-state index contributed by atoms with van der Waals surface area (Å²) in [5, 5.41) is 5.70. The molecule has 2 bridgehead atoms. The molecule has 3 aliphatic rings. The average Bonchev–Trinajstić information content (AvgIpc) is 3.61. The zero-order chi connectivity index (χ0) is 29.1. The van der Waals surface area contributed by atoms with Gasteiger partial charge >= 0.3 is 11.9 Å². The highest BCUT2D eigenvalue weighted by molar-refractivity contribution is 7.22. The minimum atomic E-state index is -0.596. The minimum Gasteiger partial charge on any atom is -0.465 e. The third-order valence-electron chi connectivity index (χ3n) is 8.64. The molecule has 3 fully saturated rings. The summed E-state index contributed by atoms with van der Waals surface area (Å²) in [4.78, 5) is 32.6. The molecule has 4 aromatic rings. The summed E-state index contributed by atoms with van der Waals surface area (Å²) in [6, 6.07) is 8.07. The van der Waals surface area contributed by atoms with Crippen molar-refractivity contribution in [1.82, 2.24) is 10.1 Å². The van der Waals surface area contributed by atoms with Crippen molar-refractivity contribution in [2.45, 2.75) is 69.1 Å². The van der Waals surface area contributed by atoms with Crippen LogP contribution >= 0.6 is 34.5 Å². The molecule has 12 heteroatoms. The number of nitrogens with zero attached hydrogens (tertiary/aromatic N) is 3.